The number of para-hydroxylation sites is 2. The number of amides is 1. The minimum Gasteiger partial charge on any atom is -0.490 e. The van der Waals surface area contributed by atoms with Crippen LogP contribution < -0.4 is 9.47 Å². The van der Waals surface area contributed by atoms with Crippen LogP contribution in [0.4, 0.5) is 0 Å². The lowest BCUT2D eigenvalue weighted by Crippen LogP contribution is -2.43. The molecule has 0 aliphatic carbocycles. The summed E-state index contributed by atoms with van der Waals surface area (Å²) in [5.74, 6) is 0.523. The first-order chi connectivity index (χ1) is 10.7. The number of hydrogen-bond acceptors (Lipinski definition) is 5. The van der Waals surface area contributed by atoms with E-state index in [9.17, 15) is 9.59 Å². The van der Waals surface area contributed by atoms with Gasteiger partial charge >= 0.3 is 5.97 Å². The van der Waals surface area contributed by atoms with Gasteiger partial charge in [-0.1, -0.05) is 12.1 Å². The maximum absolute atomic E-state index is 12.3. The Morgan fingerprint density at radius 3 is 2.55 bits per heavy atom. The molecule has 6 nitrogen and oxygen atoms in total. The molecule has 1 saturated heterocycles. The van der Waals surface area contributed by atoms with Crippen LogP contribution in [0.5, 0.6) is 11.5 Å². The summed E-state index contributed by atoms with van der Waals surface area (Å²) in [7, 11) is 1.33. The fourth-order valence-corrected chi connectivity index (χ4v) is 2.51. The maximum atomic E-state index is 12.3. The Balaban J connectivity index is 1.96. The van der Waals surface area contributed by atoms with Gasteiger partial charge in [0.1, 0.15) is 6.04 Å². The number of nitrogens with zero attached hydrogens (tertiary/aromatic N) is 1. The second-order valence-electron chi connectivity index (χ2n) is 4.94. The third-order valence-electron chi connectivity index (χ3n) is 3.55. The van der Waals surface area contributed by atoms with Gasteiger partial charge in [0.2, 0.25) is 0 Å². The molecule has 120 valence electrons. The van der Waals surface area contributed by atoms with Gasteiger partial charge in [-0.2, -0.15) is 0 Å². The highest BCUT2D eigenvalue weighted by molar-refractivity contribution is 5.86. The molecule has 0 bridgehead atoms. The average Bonchev–Trinajstić information content (AvgIpc) is 3.03. The van der Waals surface area contributed by atoms with E-state index in [1.54, 1.807) is 12.1 Å². The van der Waals surface area contributed by atoms with Gasteiger partial charge in [0, 0.05) is 6.54 Å². The number of rotatable bonds is 6. The Labute approximate surface area is 129 Å². The van der Waals surface area contributed by atoms with E-state index in [4.69, 9.17) is 14.2 Å². The molecule has 1 aliphatic heterocycles. The lowest BCUT2D eigenvalue weighted by Gasteiger charge is -2.22. The fraction of sp³-hybridized carbons (Fsp3) is 0.500. The summed E-state index contributed by atoms with van der Waals surface area (Å²) in [4.78, 5) is 25.5. The predicted octanol–water partition coefficient (Wildman–Crippen LogP) is 1.63. The monoisotopic (exact) mass is 307 g/mol. The largest absolute Gasteiger partial charge is 0.490 e. The Kier molecular flexibility index (Phi) is 5.63. The SMILES string of the molecule is CCOc1ccccc1OCC(=O)N1CCCC1C(=O)OC. The van der Waals surface area contributed by atoms with Crippen molar-refractivity contribution in [3.05, 3.63) is 24.3 Å². The molecule has 1 fully saturated rings. The predicted molar refractivity (Wildman–Crippen MR) is 79.9 cm³/mol. The number of likely N-dealkylation sites (tertiary alicyclic amines) is 1. The number of carbonyl (C=O) groups is 2. The van der Waals surface area contributed by atoms with Crippen LogP contribution in [-0.4, -0.2) is 49.7 Å². The van der Waals surface area contributed by atoms with Crippen molar-refractivity contribution >= 4 is 11.9 Å². The molecule has 1 aliphatic rings. The Hall–Kier alpha value is -2.24. The van der Waals surface area contributed by atoms with Crippen molar-refractivity contribution in [2.24, 2.45) is 0 Å². The highest BCUT2D eigenvalue weighted by atomic mass is 16.5. The summed E-state index contributed by atoms with van der Waals surface area (Å²) in [6.07, 6.45) is 1.43. The summed E-state index contributed by atoms with van der Waals surface area (Å²) in [6, 6.07) is 6.70. The highest BCUT2D eigenvalue weighted by Gasteiger charge is 2.34. The molecule has 1 atom stereocenters. The molecule has 22 heavy (non-hydrogen) atoms. The second-order valence-corrected chi connectivity index (χ2v) is 4.94. The van der Waals surface area contributed by atoms with Crippen molar-refractivity contribution in [1.82, 2.24) is 4.90 Å². The van der Waals surface area contributed by atoms with Crippen LogP contribution in [0.15, 0.2) is 24.3 Å². The fourth-order valence-electron chi connectivity index (χ4n) is 2.51. The highest BCUT2D eigenvalue weighted by Crippen LogP contribution is 2.26. The number of ether oxygens (including phenoxy) is 3. The van der Waals surface area contributed by atoms with Gasteiger partial charge in [-0.15, -0.1) is 0 Å². The van der Waals surface area contributed by atoms with Crippen LogP contribution in [-0.2, 0) is 14.3 Å². The van der Waals surface area contributed by atoms with Gasteiger partial charge in [0.15, 0.2) is 18.1 Å². The van der Waals surface area contributed by atoms with E-state index in [0.29, 0.717) is 31.1 Å². The van der Waals surface area contributed by atoms with Crippen molar-refractivity contribution in [2.45, 2.75) is 25.8 Å². The van der Waals surface area contributed by atoms with Crippen LogP contribution in [0.2, 0.25) is 0 Å². The van der Waals surface area contributed by atoms with Gasteiger partial charge in [-0.3, -0.25) is 4.79 Å². The molecule has 2 rings (SSSR count). The van der Waals surface area contributed by atoms with Crippen LogP contribution in [0.25, 0.3) is 0 Å². The van der Waals surface area contributed by atoms with Gasteiger partial charge < -0.3 is 19.1 Å². The van der Waals surface area contributed by atoms with E-state index >= 15 is 0 Å². The quantitative estimate of drug-likeness (QED) is 0.747. The molecule has 1 aromatic carbocycles. The zero-order chi connectivity index (χ0) is 15.9. The van der Waals surface area contributed by atoms with Gasteiger partial charge in [0.25, 0.3) is 5.91 Å². The van der Waals surface area contributed by atoms with Gasteiger partial charge in [0.05, 0.1) is 13.7 Å². The first-order valence-corrected chi connectivity index (χ1v) is 7.39. The molecule has 0 radical (unpaired) electrons. The number of methoxy groups -OCH3 is 1. The van der Waals surface area contributed by atoms with Crippen molar-refractivity contribution in [3.8, 4) is 11.5 Å². The number of hydrogen-bond donors (Lipinski definition) is 0. The summed E-state index contributed by atoms with van der Waals surface area (Å²) < 4.78 is 15.7. The number of carbonyl (C=O) groups excluding carboxylic acids is 2. The summed E-state index contributed by atoms with van der Waals surface area (Å²) in [5.41, 5.74) is 0. The molecule has 1 aromatic rings. The summed E-state index contributed by atoms with van der Waals surface area (Å²) >= 11 is 0. The van der Waals surface area contributed by atoms with Crippen LogP contribution in [0.3, 0.4) is 0 Å². The Bertz CT molecular complexity index is 531. The molecule has 1 unspecified atom stereocenters. The van der Waals surface area contributed by atoms with Crippen LogP contribution in [0, 0.1) is 0 Å². The molecule has 1 amide bonds. The van der Waals surface area contributed by atoms with E-state index in [0.717, 1.165) is 6.42 Å². The topological polar surface area (TPSA) is 65.1 Å². The lowest BCUT2D eigenvalue weighted by molar-refractivity contribution is -0.151. The Morgan fingerprint density at radius 2 is 1.91 bits per heavy atom. The van der Waals surface area contributed by atoms with Crippen LogP contribution >= 0.6 is 0 Å². The molecule has 1 heterocycles. The molecule has 0 saturated carbocycles. The van der Waals surface area contributed by atoms with Gasteiger partial charge in [-0.05, 0) is 31.9 Å². The molecular weight excluding hydrogens is 286 g/mol. The molecule has 0 aromatic heterocycles. The number of benzene rings is 1. The van der Waals surface area contributed by atoms with E-state index in [1.165, 1.54) is 12.0 Å². The van der Waals surface area contributed by atoms with Crippen molar-refractivity contribution < 1.29 is 23.8 Å². The first kappa shape index (κ1) is 16.1. The van der Waals surface area contributed by atoms with Crippen LogP contribution in [0.1, 0.15) is 19.8 Å². The van der Waals surface area contributed by atoms with Gasteiger partial charge in [-0.25, -0.2) is 4.79 Å². The lowest BCUT2D eigenvalue weighted by atomic mass is 10.2. The average molecular weight is 307 g/mol. The van der Waals surface area contributed by atoms with E-state index in [-0.39, 0.29) is 18.5 Å². The summed E-state index contributed by atoms with van der Waals surface area (Å²) in [5, 5.41) is 0. The van der Waals surface area contributed by atoms with Crippen molar-refractivity contribution in [1.29, 1.82) is 0 Å². The number of esters is 1. The zero-order valence-electron chi connectivity index (χ0n) is 12.9. The maximum Gasteiger partial charge on any atom is 0.328 e. The standard InChI is InChI=1S/C16H21NO5/c1-3-21-13-8-4-5-9-14(13)22-11-15(18)17-10-6-7-12(17)16(19)20-2/h4-5,8-9,12H,3,6-7,10-11H2,1-2H3. The molecule has 0 N–H and O–H groups in total. The first-order valence-electron chi connectivity index (χ1n) is 7.39. The van der Waals surface area contributed by atoms with E-state index in [1.807, 2.05) is 19.1 Å². The minimum atomic E-state index is -0.497. The molecular formula is C16H21NO5. The van der Waals surface area contributed by atoms with E-state index < -0.39 is 6.04 Å². The third kappa shape index (κ3) is 3.69. The zero-order valence-corrected chi connectivity index (χ0v) is 12.9. The summed E-state index contributed by atoms with van der Waals surface area (Å²) in [6.45, 7) is 2.82. The third-order valence-corrected chi connectivity index (χ3v) is 3.55. The normalized spacial score (nSPS) is 17.2. The van der Waals surface area contributed by atoms with Crippen molar-refractivity contribution in [2.75, 3.05) is 26.9 Å². The minimum absolute atomic E-state index is 0.127. The Morgan fingerprint density at radius 1 is 1.23 bits per heavy atom. The molecule has 0 spiro atoms. The second kappa shape index (κ2) is 7.68. The molecule has 6 heteroatoms. The van der Waals surface area contributed by atoms with E-state index in [2.05, 4.69) is 0 Å². The smallest absolute Gasteiger partial charge is 0.328 e. The van der Waals surface area contributed by atoms with Crippen molar-refractivity contribution in [3.63, 3.8) is 0 Å².